The number of pyridine rings is 2. The molecule has 0 aliphatic rings. The van der Waals surface area contributed by atoms with Crippen LogP contribution in [0.5, 0.6) is 0 Å². The highest BCUT2D eigenvalue weighted by Gasteiger charge is 2.30. The third-order valence-corrected chi connectivity index (χ3v) is 4.38. The van der Waals surface area contributed by atoms with Gasteiger partial charge in [0.1, 0.15) is 5.82 Å². The van der Waals surface area contributed by atoms with Gasteiger partial charge in [-0.15, -0.1) is 0 Å². The van der Waals surface area contributed by atoms with Crippen LogP contribution >= 0.6 is 0 Å². The molecule has 0 aliphatic carbocycles. The summed E-state index contributed by atoms with van der Waals surface area (Å²) < 4.78 is 38.8. The summed E-state index contributed by atoms with van der Waals surface area (Å²) in [6, 6.07) is 11.2. The number of carbonyl (C=O) groups excluding carboxylic acids is 2. The normalized spacial score (nSPS) is 11.0. The summed E-state index contributed by atoms with van der Waals surface area (Å²) in [6.07, 6.45) is 0.244. The van der Waals surface area contributed by atoms with Gasteiger partial charge in [-0.3, -0.25) is 14.6 Å². The highest BCUT2D eigenvalue weighted by atomic mass is 19.4. The first-order valence-electron chi connectivity index (χ1n) is 9.66. The SMILES string of the molecule is O=C(CCNC(=O)c1cccnc1Nc1cccc(C(F)(F)F)c1)NCc1ccncc1. The lowest BCUT2D eigenvalue weighted by atomic mass is 10.2. The summed E-state index contributed by atoms with van der Waals surface area (Å²) in [7, 11) is 0. The van der Waals surface area contributed by atoms with Crippen molar-refractivity contribution in [3.8, 4) is 0 Å². The summed E-state index contributed by atoms with van der Waals surface area (Å²) in [4.78, 5) is 32.4. The van der Waals surface area contributed by atoms with Gasteiger partial charge in [-0.25, -0.2) is 4.98 Å². The maximum absolute atomic E-state index is 12.9. The topological polar surface area (TPSA) is 96.0 Å². The smallest absolute Gasteiger partial charge is 0.352 e. The summed E-state index contributed by atoms with van der Waals surface area (Å²) in [5.41, 5.74) is 0.366. The maximum atomic E-state index is 12.9. The minimum Gasteiger partial charge on any atom is -0.352 e. The Balaban J connectivity index is 1.56. The quantitative estimate of drug-likeness (QED) is 0.494. The number of rotatable bonds is 8. The zero-order valence-corrected chi connectivity index (χ0v) is 16.8. The molecule has 10 heteroatoms. The van der Waals surface area contributed by atoms with Crippen LogP contribution in [0.4, 0.5) is 24.7 Å². The molecule has 7 nitrogen and oxygen atoms in total. The number of nitrogens with one attached hydrogen (secondary N) is 3. The van der Waals surface area contributed by atoms with Crippen LogP contribution in [0.3, 0.4) is 0 Å². The predicted octanol–water partition coefficient (Wildman–Crippen LogP) is 3.68. The Kier molecular flexibility index (Phi) is 7.37. The standard InChI is InChI=1S/C22H20F3N5O2/c23-22(24,25)16-3-1-4-17(13-16)30-20-18(5-2-9-27-20)21(32)28-12-8-19(31)29-14-15-6-10-26-11-7-15/h1-7,9-11,13H,8,12,14H2,(H,27,30)(H,28,32)(H,29,31). The molecule has 2 amide bonds. The molecule has 0 atom stereocenters. The van der Waals surface area contributed by atoms with E-state index in [4.69, 9.17) is 0 Å². The Morgan fingerprint density at radius 1 is 0.938 bits per heavy atom. The summed E-state index contributed by atoms with van der Waals surface area (Å²) in [5.74, 6) is -0.642. The molecule has 3 aromatic rings. The van der Waals surface area contributed by atoms with E-state index in [1.807, 2.05) is 0 Å². The number of benzene rings is 1. The summed E-state index contributed by atoms with van der Waals surface area (Å²) in [5, 5.41) is 8.11. The van der Waals surface area contributed by atoms with Crippen molar-refractivity contribution in [2.75, 3.05) is 11.9 Å². The molecule has 0 bridgehead atoms. The van der Waals surface area contributed by atoms with Crippen LogP contribution in [0.1, 0.15) is 27.9 Å². The van der Waals surface area contributed by atoms with Crippen molar-refractivity contribution in [3.63, 3.8) is 0 Å². The van der Waals surface area contributed by atoms with Gasteiger partial charge in [-0.1, -0.05) is 6.07 Å². The lowest BCUT2D eigenvalue weighted by Gasteiger charge is -2.13. The second-order valence-electron chi connectivity index (χ2n) is 6.74. The van der Waals surface area contributed by atoms with E-state index in [2.05, 4.69) is 25.9 Å². The van der Waals surface area contributed by atoms with Crippen LogP contribution in [0.15, 0.2) is 67.1 Å². The van der Waals surface area contributed by atoms with Crippen LogP contribution in [0.25, 0.3) is 0 Å². The molecule has 0 radical (unpaired) electrons. The van der Waals surface area contributed by atoms with Gasteiger partial charge in [0.15, 0.2) is 0 Å². The molecule has 0 saturated carbocycles. The molecular formula is C22H20F3N5O2. The summed E-state index contributed by atoms with van der Waals surface area (Å²) >= 11 is 0. The van der Waals surface area contributed by atoms with Crippen molar-refractivity contribution in [2.45, 2.75) is 19.1 Å². The molecule has 0 spiro atoms. The van der Waals surface area contributed by atoms with Gasteiger partial charge in [0.25, 0.3) is 5.91 Å². The van der Waals surface area contributed by atoms with E-state index >= 15 is 0 Å². The van der Waals surface area contributed by atoms with E-state index in [1.165, 1.54) is 30.5 Å². The van der Waals surface area contributed by atoms with E-state index in [-0.39, 0.29) is 35.9 Å². The number of alkyl halides is 3. The van der Waals surface area contributed by atoms with Crippen LogP contribution in [0.2, 0.25) is 0 Å². The first-order valence-corrected chi connectivity index (χ1v) is 9.66. The zero-order valence-electron chi connectivity index (χ0n) is 16.8. The number of carbonyl (C=O) groups is 2. The van der Waals surface area contributed by atoms with Crippen LogP contribution in [0, 0.1) is 0 Å². The highest BCUT2D eigenvalue weighted by molar-refractivity contribution is 5.99. The first kappa shape index (κ1) is 22.7. The lowest BCUT2D eigenvalue weighted by molar-refractivity contribution is -0.137. The van der Waals surface area contributed by atoms with E-state index in [1.54, 1.807) is 24.5 Å². The Morgan fingerprint density at radius 3 is 2.47 bits per heavy atom. The third-order valence-electron chi connectivity index (χ3n) is 4.38. The van der Waals surface area contributed by atoms with Gasteiger partial charge in [0, 0.05) is 43.8 Å². The van der Waals surface area contributed by atoms with Gasteiger partial charge < -0.3 is 16.0 Å². The summed E-state index contributed by atoms with van der Waals surface area (Å²) in [6.45, 7) is 0.432. The fourth-order valence-corrected chi connectivity index (χ4v) is 2.77. The van der Waals surface area contributed by atoms with Crippen molar-refractivity contribution in [1.29, 1.82) is 0 Å². The van der Waals surface area contributed by atoms with Crippen molar-refractivity contribution in [3.05, 3.63) is 83.8 Å². The predicted molar refractivity (Wildman–Crippen MR) is 112 cm³/mol. The second-order valence-corrected chi connectivity index (χ2v) is 6.74. The monoisotopic (exact) mass is 443 g/mol. The molecule has 3 N–H and O–H groups in total. The zero-order chi connectivity index (χ0) is 23.0. The number of hydrogen-bond donors (Lipinski definition) is 3. The Morgan fingerprint density at radius 2 is 1.72 bits per heavy atom. The van der Waals surface area contributed by atoms with Gasteiger partial charge in [-0.05, 0) is 48.0 Å². The molecule has 0 saturated heterocycles. The first-order chi connectivity index (χ1) is 15.3. The number of halogens is 3. The molecule has 0 fully saturated rings. The Hall–Kier alpha value is -3.95. The molecule has 0 aliphatic heterocycles. The fourth-order valence-electron chi connectivity index (χ4n) is 2.77. The van der Waals surface area contributed by atoms with Crippen LogP contribution in [-0.2, 0) is 17.5 Å². The largest absolute Gasteiger partial charge is 0.416 e. The third kappa shape index (κ3) is 6.53. The van der Waals surface area contributed by atoms with E-state index < -0.39 is 17.6 Å². The van der Waals surface area contributed by atoms with E-state index in [0.717, 1.165) is 17.7 Å². The van der Waals surface area contributed by atoms with Crippen molar-refractivity contribution in [2.24, 2.45) is 0 Å². The highest BCUT2D eigenvalue weighted by Crippen LogP contribution is 2.31. The minimum absolute atomic E-state index is 0.0630. The molecule has 0 unspecified atom stereocenters. The lowest BCUT2D eigenvalue weighted by Crippen LogP contribution is -2.31. The van der Waals surface area contributed by atoms with Crippen molar-refractivity contribution < 1.29 is 22.8 Å². The number of anilines is 2. The average Bonchev–Trinajstić information content (AvgIpc) is 2.78. The van der Waals surface area contributed by atoms with Crippen molar-refractivity contribution >= 4 is 23.3 Å². The second kappa shape index (κ2) is 10.4. The number of nitrogens with zero attached hydrogens (tertiary/aromatic N) is 2. The molecule has 166 valence electrons. The Labute approximate surface area is 182 Å². The van der Waals surface area contributed by atoms with Crippen LogP contribution in [-0.4, -0.2) is 28.3 Å². The van der Waals surface area contributed by atoms with Gasteiger partial charge in [0.2, 0.25) is 5.91 Å². The fraction of sp³-hybridized carbons (Fsp3) is 0.182. The van der Waals surface area contributed by atoms with Gasteiger partial charge >= 0.3 is 6.18 Å². The Bertz CT molecular complexity index is 1070. The number of hydrogen-bond acceptors (Lipinski definition) is 5. The van der Waals surface area contributed by atoms with Crippen LogP contribution < -0.4 is 16.0 Å². The molecule has 1 aromatic carbocycles. The number of aromatic nitrogens is 2. The number of amides is 2. The van der Waals surface area contributed by atoms with Crippen molar-refractivity contribution in [1.82, 2.24) is 20.6 Å². The maximum Gasteiger partial charge on any atom is 0.416 e. The molecule has 2 aromatic heterocycles. The van der Waals surface area contributed by atoms with Gasteiger partial charge in [0.05, 0.1) is 11.1 Å². The van der Waals surface area contributed by atoms with E-state index in [9.17, 15) is 22.8 Å². The average molecular weight is 443 g/mol. The van der Waals surface area contributed by atoms with Gasteiger partial charge in [-0.2, -0.15) is 13.2 Å². The minimum atomic E-state index is -4.49. The molecule has 3 rings (SSSR count). The molecule has 2 heterocycles. The van der Waals surface area contributed by atoms with E-state index in [0.29, 0.717) is 6.54 Å². The molecule has 32 heavy (non-hydrogen) atoms. The molecular weight excluding hydrogens is 423 g/mol.